The smallest absolute Gasteiger partial charge is 0.0952 e. The minimum absolute atomic E-state index is 0.139. The zero-order valence-electron chi connectivity index (χ0n) is 11.9. The summed E-state index contributed by atoms with van der Waals surface area (Å²) in [5.74, 6) is 0. The van der Waals surface area contributed by atoms with E-state index in [2.05, 4.69) is 28.1 Å². The molecule has 2 heterocycles. The molecule has 1 aromatic heterocycles. The highest BCUT2D eigenvalue weighted by molar-refractivity contribution is 6.30. The van der Waals surface area contributed by atoms with Crippen LogP contribution in [0.1, 0.15) is 17.4 Å². The second kappa shape index (κ2) is 7.03. The zero-order chi connectivity index (χ0) is 14.5. The number of hydrogen-bond donors (Lipinski definition) is 0. The van der Waals surface area contributed by atoms with E-state index in [0.29, 0.717) is 0 Å². The van der Waals surface area contributed by atoms with Crippen LogP contribution in [-0.2, 0) is 11.2 Å². The predicted molar refractivity (Wildman–Crippen MR) is 84.5 cm³/mol. The van der Waals surface area contributed by atoms with Crippen LogP contribution in [-0.4, -0.2) is 36.1 Å². The molecule has 1 saturated heterocycles. The summed E-state index contributed by atoms with van der Waals surface area (Å²) in [4.78, 5) is 6.82. The van der Waals surface area contributed by atoms with E-state index in [1.165, 1.54) is 5.56 Å². The van der Waals surface area contributed by atoms with Crippen molar-refractivity contribution in [1.82, 2.24) is 9.88 Å². The van der Waals surface area contributed by atoms with Crippen molar-refractivity contribution < 1.29 is 4.74 Å². The van der Waals surface area contributed by atoms with Crippen LogP contribution < -0.4 is 0 Å². The molecule has 0 saturated carbocycles. The van der Waals surface area contributed by atoms with Crippen molar-refractivity contribution in [1.29, 1.82) is 0 Å². The molecule has 0 aliphatic carbocycles. The number of hydrogen-bond acceptors (Lipinski definition) is 3. The molecule has 1 fully saturated rings. The molecule has 1 unspecified atom stereocenters. The molecule has 21 heavy (non-hydrogen) atoms. The van der Waals surface area contributed by atoms with Crippen LogP contribution in [0.5, 0.6) is 0 Å². The van der Waals surface area contributed by atoms with E-state index in [0.717, 1.165) is 43.4 Å². The first kappa shape index (κ1) is 14.5. The number of nitrogens with zero attached hydrogens (tertiary/aromatic N) is 2. The molecule has 1 aromatic carbocycles. The molecule has 0 amide bonds. The molecule has 4 heteroatoms. The third-order valence-corrected chi connectivity index (χ3v) is 4.05. The quantitative estimate of drug-likeness (QED) is 0.866. The Hall–Kier alpha value is -1.42. The van der Waals surface area contributed by atoms with Crippen molar-refractivity contribution in [3.05, 3.63) is 64.9 Å². The van der Waals surface area contributed by atoms with Crippen LogP contribution in [0.4, 0.5) is 0 Å². The highest BCUT2D eigenvalue weighted by Crippen LogP contribution is 2.23. The molecule has 0 spiro atoms. The summed E-state index contributed by atoms with van der Waals surface area (Å²) < 4.78 is 5.89. The van der Waals surface area contributed by atoms with E-state index in [4.69, 9.17) is 16.3 Å². The average Bonchev–Trinajstić information content (AvgIpc) is 2.55. The zero-order valence-corrected chi connectivity index (χ0v) is 12.7. The molecule has 3 rings (SSSR count). The summed E-state index contributed by atoms with van der Waals surface area (Å²) in [6, 6.07) is 14.0. The van der Waals surface area contributed by atoms with E-state index in [9.17, 15) is 0 Å². The summed E-state index contributed by atoms with van der Waals surface area (Å²) in [6.07, 6.45) is 2.97. The fourth-order valence-electron chi connectivity index (χ4n) is 2.60. The van der Waals surface area contributed by atoms with Crippen LogP contribution in [0.25, 0.3) is 0 Å². The maximum absolute atomic E-state index is 5.94. The Morgan fingerprint density at radius 3 is 2.81 bits per heavy atom. The second-order valence-electron chi connectivity index (χ2n) is 5.28. The summed E-state index contributed by atoms with van der Waals surface area (Å²) in [5.41, 5.74) is 2.34. The minimum atomic E-state index is 0.139. The van der Waals surface area contributed by atoms with Gasteiger partial charge < -0.3 is 4.74 Å². The Labute approximate surface area is 130 Å². The molecule has 0 radical (unpaired) electrons. The second-order valence-corrected chi connectivity index (χ2v) is 5.72. The van der Waals surface area contributed by atoms with Gasteiger partial charge in [-0.3, -0.25) is 9.88 Å². The van der Waals surface area contributed by atoms with Crippen molar-refractivity contribution in [2.45, 2.75) is 12.5 Å². The molecule has 3 nitrogen and oxygen atoms in total. The highest BCUT2D eigenvalue weighted by Gasteiger charge is 2.21. The van der Waals surface area contributed by atoms with Crippen LogP contribution >= 0.6 is 11.6 Å². The molecule has 1 aliphatic heterocycles. The lowest BCUT2D eigenvalue weighted by molar-refractivity contribution is -0.0296. The van der Waals surface area contributed by atoms with Crippen LogP contribution in [0.15, 0.2) is 48.7 Å². The fourth-order valence-corrected chi connectivity index (χ4v) is 2.73. The fraction of sp³-hybridized carbons (Fsp3) is 0.353. The molecule has 110 valence electrons. The Bertz CT molecular complexity index is 559. The number of halogens is 1. The van der Waals surface area contributed by atoms with Gasteiger partial charge in [0.1, 0.15) is 0 Å². The Morgan fingerprint density at radius 1 is 1.19 bits per heavy atom. The molecular weight excluding hydrogens is 284 g/mol. The number of rotatable bonds is 4. The molecule has 0 bridgehead atoms. The monoisotopic (exact) mass is 302 g/mol. The van der Waals surface area contributed by atoms with E-state index in [-0.39, 0.29) is 6.10 Å². The van der Waals surface area contributed by atoms with Crippen molar-refractivity contribution >= 4 is 11.6 Å². The Morgan fingerprint density at radius 2 is 2.05 bits per heavy atom. The van der Waals surface area contributed by atoms with Gasteiger partial charge >= 0.3 is 0 Å². The lowest BCUT2D eigenvalue weighted by atomic mass is 10.1. The Kier molecular flexibility index (Phi) is 4.86. The molecule has 2 aromatic rings. The number of morpholine rings is 1. The molecule has 0 N–H and O–H groups in total. The molecule has 1 atom stereocenters. The first-order valence-corrected chi connectivity index (χ1v) is 7.68. The van der Waals surface area contributed by atoms with Gasteiger partial charge in [-0.25, -0.2) is 0 Å². The maximum Gasteiger partial charge on any atom is 0.0952 e. The third-order valence-electron chi connectivity index (χ3n) is 3.80. The van der Waals surface area contributed by atoms with Gasteiger partial charge in [0, 0.05) is 43.0 Å². The average molecular weight is 303 g/mol. The summed E-state index contributed by atoms with van der Waals surface area (Å²) in [6.45, 7) is 3.70. The van der Waals surface area contributed by atoms with Gasteiger partial charge in [0.2, 0.25) is 0 Å². The van der Waals surface area contributed by atoms with E-state index >= 15 is 0 Å². The summed E-state index contributed by atoms with van der Waals surface area (Å²) >= 11 is 5.94. The Balaban J connectivity index is 1.57. The molecular formula is C17H19ClN2O. The molecule has 1 aliphatic rings. The first-order valence-electron chi connectivity index (χ1n) is 7.30. The van der Waals surface area contributed by atoms with Crippen LogP contribution in [0, 0.1) is 0 Å². The van der Waals surface area contributed by atoms with Crippen LogP contribution in [0.3, 0.4) is 0 Å². The van der Waals surface area contributed by atoms with Gasteiger partial charge in [-0.1, -0.05) is 29.8 Å². The lowest BCUT2D eigenvalue weighted by Gasteiger charge is -2.33. The number of ether oxygens (including phenoxy) is 1. The minimum Gasteiger partial charge on any atom is -0.371 e. The highest BCUT2D eigenvalue weighted by atomic mass is 35.5. The predicted octanol–water partition coefficient (Wildman–Crippen LogP) is 3.35. The first-order chi connectivity index (χ1) is 10.3. The largest absolute Gasteiger partial charge is 0.371 e. The lowest BCUT2D eigenvalue weighted by Crippen LogP contribution is -2.39. The van der Waals surface area contributed by atoms with E-state index in [1.807, 2.05) is 30.5 Å². The number of pyridine rings is 1. The van der Waals surface area contributed by atoms with Crippen molar-refractivity contribution in [2.24, 2.45) is 0 Å². The third kappa shape index (κ3) is 4.03. The van der Waals surface area contributed by atoms with Gasteiger partial charge in [-0.05, 0) is 29.8 Å². The van der Waals surface area contributed by atoms with Gasteiger partial charge in [-0.15, -0.1) is 0 Å². The number of aromatic nitrogens is 1. The van der Waals surface area contributed by atoms with Gasteiger partial charge in [0.25, 0.3) is 0 Å². The van der Waals surface area contributed by atoms with Gasteiger partial charge in [-0.2, -0.15) is 0 Å². The van der Waals surface area contributed by atoms with Crippen molar-refractivity contribution in [3.63, 3.8) is 0 Å². The SMILES string of the molecule is Clc1ccc(C2CN(CCc3ccccn3)CCO2)cc1. The van der Waals surface area contributed by atoms with Gasteiger partial charge in [0.15, 0.2) is 0 Å². The van der Waals surface area contributed by atoms with Crippen molar-refractivity contribution in [3.8, 4) is 0 Å². The van der Waals surface area contributed by atoms with E-state index in [1.54, 1.807) is 0 Å². The summed E-state index contributed by atoms with van der Waals surface area (Å²) in [7, 11) is 0. The topological polar surface area (TPSA) is 25.4 Å². The van der Waals surface area contributed by atoms with E-state index < -0.39 is 0 Å². The standard InChI is InChI=1S/C17H19ClN2O/c18-15-6-4-14(5-7-15)17-13-20(11-12-21-17)10-8-16-3-1-2-9-19-16/h1-7,9,17H,8,10-13H2. The van der Waals surface area contributed by atoms with Crippen molar-refractivity contribution in [2.75, 3.05) is 26.2 Å². The maximum atomic E-state index is 5.94. The van der Waals surface area contributed by atoms with Crippen LogP contribution in [0.2, 0.25) is 5.02 Å². The normalized spacial score (nSPS) is 19.6. The van der Waals surface area contributed by atoms with Gasteiger partial charge in [0.05, 0.1) is 12.7 Å². The number of benzene rings is 1. The summed E-state index contributed by atoms with van der Waals surface area (Å²) in [5, 5.41) is 0.765.